The first-order valence-corrected chi connectivity index (χ1v) is 5.70. The molecule has 3 N–H and O–H groups in total. The second-order valence-electron chi connectivity index (χ2n) is 4.45. The second-order valence-corrected chi connectivity index (χ2v) is 4.45. The predicted octanol–water partition coefficient (Wildman–Crippen LogP) is -0.300. The first-order chi connectivity index (χ1) is 7.72. The van der Waals surface area contributed by atoms with Crippen LogP contribution in [0.1, 0.15) is 12.8 Å². The number of urea groups is 1. The van der Waals surface area contributed by atoms with Crippen molar-refractivity contribution in [3.05, 3.63) is 12.2 Å². The molecule has 0 aromatic carbocycles. The summed E-state index contributed by atoms with van der Waals surface area (Å²) in [6.45, 7) is 1.14. The van der Waals surface area contributed by atoms with E-state index in [-0.39, 0.29) is 24.6 Å². The third-order valence-corrected chi connectivity index (χ3v) is 3.41. The Morgan fingerprint density at radius 3 is 2.94 bits per heavy atom. The van der Waals surface area contributed by atoms with Gasteiger partial charge in [0, 0.05) is 31.7 Å². The maximum atomic E-state index is 11.7. The first-order valence-electron chi connectivity index (χ1n) is 5.70. The summed E-state index contributed by atoms with van der Waals surface area (Å²) in [5.41, 5.74) is 0. The number of hydrogen-bond acceptors (Lipinski definition) is 3. The van der Waals surface area contributed by atoms with Gasteiger partial charge in [-0.05, 0) is 12.8 Å². The highest BCUT2D eigenvalue weighted by Gasteiger charge is 2.37. The predicted molar refractivity (Wildman–Crippen MR) is 58.8 cm³/mol. The smallest absolute Gasteiger partial charge is 0.318 e. The molecule has 0 spiro atoms. The Kier molecular flexibility index (Phi) is 3.46. The molecule has 0 saturated heterocycles. The maximum Gasteiger partial charge on any atom is 0.318 e. The van der Waals surface area contributed by atoms with Crippen LogP contribution in [0, 0.1) is 5.92 Å². The van der Waals surface area contributed by atoms with Crippen LogP contribution in [-0.4, -0.2) is 53.0 Å². The van der Waals surface area contributed by atoms with Crippen LogP contribution in [-0.2, 0) is 0 Å². The van der Waals surface area contributed by atoms with Gasteiger partial charge in [-0.1, -0.05) is 12.2 Å². The fraction of sp³-hybridized carbons (Fsp3) is 0.727. The topological polar surface area (TPSA) is 72.8 Å². The maximum absolute atomic E-state index is 11.7. The molecule has 0 bridgehead atoms. The second kappa shape index (κ2) is 4.84. The quantitative estimate of drug-likeness (QED) is 0.566. The molecule has 1 heterocycles. The number of carbonyl (C=O) groups excluding carboxylic acids is 1. The van der Waals surface area contributed by atoms with Crippen LogP contribution < -0.4 is 5.32 Å². The number of nitrogens with zero attached hydrogens (tertiary/aromatic N) is 1. The van der Waals surface area contributed by atoms with Crippen molar-refractivity contribution in [2.24, 2.45) is 5.92 Å². The average Bonchev–Trinajstić information content (AvgIpc) is 2.50. The zero-order chi connectivity index (χ0) is 11.5. The van der Waals surface area contributed by atoms with Crippen LogP contribution in [0.3, 0.4) is 0 Å². The zero-order valence-electron chi connectivity index (χ0n) is 9.17. The minimum Gasteiger partial charge on any atom is -0.396 e. The van der Waals surface area contributed by atoms with Crippen LogP contribution in [0.4, 0.5) is 4.79 Å². The Morgan fingerprint density at radius 1 is 1.44 bits per heavy atom. The summed E-state index contributed by atoms with van der Waals surface area (Å²) in [5.74, 6) is -0.0926. The summed E-state index contributed by atoms with van der Waals surface area (Å²) in [4.78, 5) is 13.5. The molecule has 2 rings (SSSR count). The molecule has 3 atom stereocenters. The van der Waals surface area contributed by atoms with Gasteiger partial charge in [0.1, 0.15) is 0 Å². The Bertz CT molecular complexity index is 293. The molecule has 0 radical (unpaired) electrons. The average molecular weight is 226 g/mol. The Morgan fingerprint density at radius 2 is 2.25 bits per heavy atom. The van der Waals surface area contributed by atoms with Crippen molar-refractivity contribution in [1.82, 2.24) is 10.2 Å². The molecule has 1 fully saturated rings. The number of aliphatic hydroxyl groups excluding tert-OH is 2. The number of nitrogens with one attached hydrogen (secondary N) is 1. The summed E-state index contributed by atoms with van der Waals surface area (Å²) >= 11 is 0. The number of rotatable bonds is 2. The molecule has 5 heteroatoms. The van der Waals surface area contributed by atoms with E-state index in [9.17, 15) is 9.90 Å². The van der Waals surface area contributed by atoms with Crippen molar-refractivity contribution in [3.8, 4) is 0 Å². The van der Waals surface area contributed by atoms with E-state index < -0.39 is 6.10 Å². The summed E-state index contributed by atoms with van der Waals surface area (Å²) in [6, 6.07) is -0.0457. The molecular weight excluding hydrogens is 208 g/mol. The van der Waals surface area contributed by atoms with Gasteiger partial charge in [-0.3, -0.25) is 0 Å². The van der Waals surface area contributed by atoms with E-state index in [1.807, 2.05) is 12.2 Å². The van der Waals surface area contributed by atoms with Crippen LogP contribution in [0.5, 0.6) is 0 Å². The van der Waals surface area contributed by atoms with Crippen LogP contribution >= 0.6 is 0 Å². The van der Waals surface area contributed by atoms with E-state index >= 15 is 0 Å². The molecule has 1 saturated carbocycles. The van der Waals surface area contributed by atoms with Gasteiger partial charge in [-0.25, -0.2) is 4.79 Å². The number of hydrogen-bond donors (Lipinski definition) is 3. The van der Waals surface area contributed by atoms with Crippen molar-refractivity contribution in [1.29, 1.82) is 0 Å². The van der Waals surface area contributed by atoms with Crippen molar-refractivity contribution in [2.75, 3.05) is 19.7 Å². The van der Waals surface area contributed by atoms with Crippen LogP contribution in [0.2, 0.25) is 0 Å². The monoisotopic (exact) mass is 226 g/mol. The lowest BCUT2D eigenvalue weighted by Crippen LogP contribution is -2.44. The minimum atomic E-state index is -0.491. The van der Waals surface area contributed by atoms with Crippen molar-refractivity contribution in [2.45, 2.75) is 25.0 Å². The normalized spacial score (nSPS) is 35.0. The van der Waals surface area contributed by atoms with Crippen molar-refractivity contribution in [3.63, 3.8) is 0 Å². The minimum absolute atomic E-state index is 0.0109. The number of aliphatic hydroxyl groups is 2. The molecule has 0 aromatic rings. The van der Waals surface area contributed by atoms with Gasteiger partial charge in [0.2, 0.25) is 0 Å². The molecule has 0 aromatic heterocycles. The highest BCUT2D eigenvalue weighted by atomic mass is 16.3. The van der Waals surface area contributed by atoms with Crippen LogP contribution in [0.15, 0.2) is 12.2 Å². The fourth-order valence-electron chi connectivity index (χ4n) is 2.44. The van der Waals surface area contributed by atoms with Gasteiger partial charge in [0.15, 0.2) is 0 Å². The van der Waals surface area contributed by atoms with Gasteiger partial charge in [0.25, 0.3) is 0 Å². The first kappa shape index (κ1) is 11.4. The molecule has 16 heavy (non-hydrogen) atoms. The molecule has 5 nitrogen and oxygen atoms in total. The number of carbonyl (C=O) groups is 1. The SMILES string of the molecule is O=C1NCC=CCN1[C@@H]1C[C@H](CO)[C@@H](O)C1. The number of amides is 2. The zero-order valence-corrected chi connectivity index (χ0v) is 9.17. The molecular formula is C11H18N2O3. The van der Waals surface area contributed by atoms with E-state index in [2.05, 4.69) is 5.32 Å². The molecule has 2 aliphatic rings. The van der Waals surface area contributed by atoms with E-state index in [0.29, 0.717) is 25.9 Å². The fourth-order valence-corrected chi connectivity index (χ4v) is 2.44. The summed E-state index contributed by atoms with van der Waals surface area (Å²) in [7, 11) is 0. The lowest BCUT2D eigenvalue weighted by Gasteiger charge is -2.26. The Labute approximate surface area is 94.7 Å². The standard InChI is InChI=1S/C11H18N2O3/c14-7-8-5-9(6-10(8)15)13-4-2-1-3-12-11(13)16/h1-2,8-10,14-15H,3-7H2,(H,12,16)/t8-,9-,10+/m1/s1. The Hall–Kier alpha value is -1.07. The van der Waals surface area contributed by atoms with Gasteiger partial charge in [-0.2, -0.15) is 0 Å². The summed E-state index contributed by atoms with van der Waals surface area (Å²) in [5, 5.41) is 21.6. The molecule has 1 aliphatic heterocycles. The third kappa shape index (κ3) is 2.20. The van der Waals surface area contributed by atoms with Gasteiger partial charge in [-0.15, -0.1) is 0 Å². The highest BCUT2D eigenvalue weighted by Crippen LogP contribution is 2.29. The van der Waals surface area contributed by atoms with Crippen molar-refractivity contribution >= 4 is 6.03 Å². The molecule has 0 unspecified atom stereocenters. The molecule has 90 valence electrons. The van der Waals surface area contributed by atoms with Gasteiger partial charge >= 0.3 is 6.03 Å². The van der Waals surface area contributed by atoms with Crippen molar-refractivity contribution < 1.29 is 15.0 Å². The third-order valence-electron chi connectivity index (χ3n) is 3.41. The van der Waals surface area contributed by atoms with E-state index in [1.54, 1.807) is 4.90 Å². The molecule has 1 aliphatic carbocycles. The summed E-state index contributed by atoms with van der Waals surface area (Å²) < 4.78 is 0. The lowest BCUT2D eigenvalue weighted by molar-refractivity contribution is 0.0903. The largest absolute Gasteiger partial charge is 0.396 e. The Balaban J connectivity index is 2.01. The lowest BCUT2D eigenvalue weighted by atomic mass is 10.1. The van der Waals surface area contributed by atoms with Crippen LogP contribution in [0.25, 0.3) is 0 Å². The van der Waals surface area contributed by atoms with Gasteiger partial charge in [0.05, 0.1) is 6.10 Å². The summed E-state index contributed by atoms with van der Waals surface area (Å²) in [6.07, 6.45) is 4.63. The van der Waals surface area contributed by atoms with E-state index in [4.69, 9.17) is 5.11 Å². The van der Waals surface area contributed by atoms with Gasteiger partial charge < -0.3 is 20.4 Å². The van der Waals surface area contributed by atoms with E-state index in [0.717, 1.165) is 0 Å². The van der Waals surface area contributed by atoms with E-state index in [1.165, 1.54) is 0 Å². The highest BCUT2D eigenvalue weighted by molar-refractivity contribution is 5.75. The molecule has 2 amide bonds.